The second-order valence-corrected chi connectivity index (χ2v) is 3.69. The summed E-state index contributed by atoms with van der Waals surface area (Å²) in [5, 5.41) is 0. The average molecular weight is 246 g/mol. The molecule has 0 atom stereocenters. The number of nitrogens with zero attached hydrogens (tertiary/aromatic N) is 2. The number of ketones is 2. The Morgan fingerprint density at radius 2 is 1.17 bits per heavy atom. The molecule has 18 heavy (non-hydrogen) atoms. The molecule has 6 heteroatoms. The summed E-state index contributed by atoms with van der Waals surface area (Å²) in [5.74, 6) is -3.54. The lowest BCUT2D eigenvalue weighted by atomic mass is 9.89. The highest BCUT2D eigenvalue weighted by molar-refractivity contribution is 6.27. The zero-order valence-corrected chi connectivity index (χ0v) is 8.78. The van der Waals surface area contributed by atoms with E-state index >= 15 is 0 Å². The highest BCUT2D eigenvalue weighted by Gasteiger charge is 2.36. The first kappa shape index (κ1) is 10.6. The predicted octanol–water partition coefficient (Wildman–Crippen LogP) is 1.53. The SMILES string of the molecule is O=C1c2nccnc2C(=O)c2c(F)ccc(F)c21. The number of halogens is 2. The van der Waals surface area contributed by atoms with Crippen LogP contribution >= 0.6 is 0 Å². The lowest BCUT2D eigenvalue weighted by molar-refractivity contribution is 0.0964. The molecule has 1 aromatic carbocycles. The number of hydrogen-bond donors (Lipinski definition) is 0. The lowest BCUT2D eigenvalue weighted by Crippen LogP contribution is -2.26. The van der Waals surface area contributed by atoms with E-state index in [1.54, 1.807) is 0 Å². The van der Waals surface area contributed by atoms with Gasteiger partial charge in [0.1, 0.15) is 23.0 Å². The van der Waals surface area contributed by atoms with Gasteiger partial charge in [-0.15, -0.1) is 0 Å². The lowest BCUT2D eigenvalue weighted by Gasteiger charge is -2.16. The average Bonchev–Trinajstić information content (AvgIpc) is 2.38. The number of hydrogen-bond acceptors (Lipinski definition) is 4. The van der Waals surface area contributed by atoms with Gasteiger partial charge in [0.25, 0.3) is 0 Å². The van der Waals surface area contributed by atoms with E-state index in [4.69, 9.17) is 0 Å². The fourth-order valence-electron chi connectivity index (χ4n) is 1.90. The molecule has 0 fully saturated rings. The van der Waals surface area contributed by atoms with Crippen molar-refractivity contribution in [3.05, 3.63) is 58.7 Å². The van der Waals surface area contributed by atoms with Crippen molar-refractivity contribution < 1.29 is 18.4 Å². The normalized spacial score (nSPS) is 13.2. The summed E-state index contributed by atoms with van der Waals surface area (Å²) in [6.07, 6.45) is 2.43. The van der Waals surface area contributed by atoms with Crippen LogP contribution in [-0.4, -0.2) is 21.5 Å². The predicted molar refractivity (Wildman–Crippen MR) is 55.3 cm³/mol. The standard InChI is InChI=1S/C12H4F2N2O2/c13-5-1-2-6(14)8-7(5)11(17)9-10(12(8)18)16-4-3-15-9/h1-4H. The molecule has 1 aromatic heterocycles. The highest BCUT2D eigenvalue weighted by atomic mass is 19.1. The molecule has 0 aliphatic heterocycles. The molecule has 0 unspecified atom stereocenters. The summed E-state index contributed by atoms with van der Waals surface area (Å²) in [6.45, 7) is 0. The third kappa shape index (κ3) is 1.22. The Morgan fingerprint density at radius 3 is 1.56 bits per heavy atom. The molecular formula is C12H4F2N2O2. The van der Waals surface area contributed by atoms with Crippen molar-refractivity contribution >= 4 is 11.6 Å². The van der Waals surface area contributed by atoms with Gasteiger partial charge < -0.3 is 0 Å². The molecule has 4 nitrogen and oxygen atoms in total. The van der Waals surface area contributed by atoms with E-state index in [-0.39, 0.29) is 11.4 Å². The van der Waals surface area contributed by atoms with E-state index in [1.807, 2.05) is 0 Å². The van der Waals surface area contributed by atoms with Crippen molar-refractivity contribution in [2.75, 3.05) is 0 Å². The zero-order chi connectivity index (χ0) is 12.9. The van der Waals surface area contributed by atoms with Gasteiger partial charge in [0, 0.05) is 12.4 Å². The van der Waals surface area contributed by atoms with Gasteiger partial charge in [0.05, 0.1) is 11.1 Å². The van der Waals surface area contributed by atoms with Gasteiger partial charge in [0.2, 0.25) is 11.6 Å². The second-order valence-electron chi connectivity index (χ2n) is 3.69. The van der Waals surface area contributed by atoms with Crippen LogP contribution < -0.4 is 0 Å². The Morgan fingerprint density at radius 1 is 0.778 bits per heavy atom. The minimum Gasteiger partial charge on any atom is -0.287 e. The minimum absolute atomic E-state index is 0.250. The smallest absolute Gasteiger partial charge is 0.217 e. The van der Waals surface area contributed by atoms with E-state index in [1.165, 1.54) is 12.4 Å². The first-order chi connectivity index (χ1) is 8.61. The molecule has 0 N–H and O–H groups in total. The number of aromatic nitrogens is 2. The van der Waals surface area contributed by atoms with Gasteiger partial charge in [-0.25, -0.2) is 18.7 Å². The Kier molecular flexibility index (Phi) is 2.07. The molecule has 0 bridgehead atoms. The van der Waals surface area contributed by atoms with E-state index in [2.05, 4.69) is 9.97 Å². The monoisotopic (exact) mass is 246 g/mol. The molecule has 2 aromatic rings. The number of carbonyl (C=O) groups is 2. The summed E-state index contributed by atoms with van der Waals surface area (Å²) in [5.41, 5.74) is -1.65. The van der Waals surface area contributed by atoms with Crippen molar-refractivity contribution in [3.8, 4) is 0 Å². The van der Waals surface area contributed by atoms with Crippen LogP contribution in [0.4, 0.5) is 8.78 Å². The molecule has 1 aliphatic rings. The van der Waals surface area contributed by atoms with Crippen molar-refractivity contribution in [1.82, 2.24) is 9.97 Å². The minimum atomic E-state index is -0.943. The molecule has 1 aliphatic carbocycles. The van der Waals surface area contributed by atoms with Crippen molar-refractivity contribution in [1.29, 1.82) is 0 Å². The summed E-state index contributed by atoms with van der Waals surface area (Å²) in [7, 11) is 0. The molecule has 0 radical (unpaired) electrons. The largest absolute Gasteiger partial charge is 0.287 e. The molecule has 0 spiro atoms. The third-order valence-electron chi connectivity index (χ3n) is 2.69. The van der Waals surface area contributed by atoms with Crippen LogP contribution in [0.2, 0.25) is 0 Å². The van der Waals surface area contributed by atoms with E-state index in [0.29, 0.717) is 0 Å². The second kappa shape index (κ2) is 3.49. The van der Waals surface area contributed by atoms with Gasteiger partial charge >= 0.3 is 0 Å². The zero-order valence-electron chi connectivity index (χ0n) is 8.78. The number of carbonyl (C=O) groups excluding carboxylic acids is 2. The first-order valence-corrected chi connectivity index (χ1v) is 4.99. The van der Waals surface area contributed by atoms with Crippen LogP contribution in [0.15, 0.2) is 24.5 Å². The quantitative estimate of drug-likeness (QED) is 0.603. The third-order valence-corrected chi connectivity index (χ3v) is 2.69. The Bertz CT molecular complexity index is 653. The summed E-state index contributed by atoms with van der Waals surface area (Å²) in [6, 6.07) is 1.61. The van der Waals surface area contributed by atoms with Gasteiger partial charge in [-0.3, -0.25) is 9.59 Å². The summed E-state index contributed by atoms with van der Waals surface area (Å²) >= 11 is 0. The molecular weight excluding hydrogens is 242 g/mol. The van der Waals surface area contributed by atoms with E-state index in [0.717, 1.165) is 12.1 Å². The Labute approximate surface area is 99.3 Å². The van der Waals surface area contributed by atoms with Crippen LogP contribution in [0, 0.1) is 11.6 Å². The van der Waals surface area contributed by atoms with Crippen LogP contribution in [0.1, 0.15) is 32.1 Å². The fraction of sp³-hybridized carbons (Fsp3) is 0. The Balaban J connectivity index is 2.41. The highest BCUT2D eigenvalue weighted by Crippen LogP contribution is 2.28. The van der Waals surface area contributed by atoms with E-state index < -0.39 is 34.3 Å². The van der Waals surface area contributed by atoms with Crippen molar-refractivity contribution in [2.24, 2.45) is 0 Å². The van der Waals surface area contributed by atoms with Gasteiger partial charge in [0.15, 0.2) is 0 Å². The van der Waals surface area contributed by atoms with Gasteiger partial charge in [-0.2, -0.15) is 0 Å². The molecule has 1 heterocycles. The Hall–Kier alpha value is -2.50. The molecule has 88 valence electrons. The summed E-state index contributed by atoms with van der Waals surface area (Å²) in [4.78, 5) is 31.3. The fourth-order valence-corrected chi connectivity index (χ4v) is 1.90. The van der Waals surface area contributed by atoms with Crippen LogP contribution in [-0.2, 0) is 0 Å². The molecule has 0 amide bonds. The van der Waals surface area contributed by atoms with Gasteiger partial charge in [-0.1, -0.05) is 0 Å². The molecule has 0 saturated heterocycles. The van der Waals surface area contributed by atoms with Crippen LogP contribution in [0.5, 0.6) is 0 Å². The van der Waals surface area contributed by atoms with E-state index in [9.17, 15) is 18.4 Å². The maximum absolute atomic E-state index is 13.6. The molecule has 3 rings (SSSR count). The first-order valence-electron chi connectivity index (χ1n) is 4.99. The van der Waals surface area contributed by atoms with Gasteiger partial charge in [-0.05, 0) is 12.1 Å². The number of benzene rings is 1. The molecule has 0 saturated carbocycles. The van der Waals surface area contributed by atoms with Crippen molar-refractivity contribution in [3.63, 3.8) is 0 Å². The summed E-state index contributed by atoms with van der Waals surface area (Å²) < 4.78 is 27.2. The number of rotatable bonds is 0. The van der Waals surface area contributed by atoms with Crippen molar-refractivity contribution in [2.45, 2.75) is 0 Å². The topological polar surface area (TPSA) is 59.9 Å². The van der Waals surface area contributed by atoms with Crippen LogP contribution in [0.25, 0.3) is 0 Å². The van der Waals surface area contributed by atoms with Crippen LogP contribution in [0.3, 0.4) is 0 Å². The number of fused-ring (bicyclic) bond motifs is 2. The maximum Gasteiger partial charge on any atom is 0.217 e. The maximum atomic E-state index is 13.6.